The molecule has 0 radical (unpaired) electrons. The van der Waals surface area contributed by atoms with Crippen LogP contribution in [0, 0.1) is 0 Å². The van der Waals surface area contributed by atoms with Crippen molar-refractivity contribution in [2.75, 3.05) is 45.7 Å². The summed E-state index contributed by atoms with van der Waals surface area (Å²) in [7, 11) is 6.09. The van der Waals surface area contributed by atoms with Gasteiger partial charge in [-0.25, -0.2) is 14.3 Å². The van der Waals surface area contributed by atoms with Gasteiger partial charge in [0, 0.05) is 20.6 Å². The molecule has 0 spiro atoms. The number of carbonyl (C=O) groups excluding carboxylic acids is 1. The van der Waals surface area contributed by atoms with Crippen LogP contribution in [-0.4, -0.2) is 72.2 Å². The Balaban J connectivity index is 1.92. The first-order valence-corrected chi connectivity index (χ1v) is 8.67. The van der Waals surface area contributed by atoms with Crippen LogP contribution in [0.4, 0.5) is 10.7 Å². The molecule has 0 saturated carbocycles. The Labute approximate surface area is 143 Å². The normalized spacial score (nSPS) is 18.4. The largest absolute Gasteiger partial charge is 0.340 e. The molecule has 1 aromatic heterocycles. The van der Waals surface area contributed by atoms with Crippen molar-refractivity contribution < 1.29 is 4.79 Å². The van der Waals surface area contributed by atoms with Crippen LogP contribution in [0.25, 0.3) is 11.0 Å². The number of anilines is 1. The summed E-state index contributed by atoms with van der Waals surface area (Å²) < 4.78 is 1.74. The van der Waals surface area contributed by atoms with Crippen LogP contribution >= 0.6 is 0 Å². The van der Waals surface area contributed by atoms with Crippen molar-refractivity contribution in [2.24, 2.45) is 0 Å². The first-order valence-electron chi connectivity index (χ1n) is 8.67. The van der Waals surface area contributed by atoms with Gasteiger partial charge in [-0.15, -0.1) is 0 Å². The third kappa shape index (κ3) is 2.98. The van der Waals surface area contributed by atoms with E-state index in [0.29, 0.717) is 6.54 Å². The number of hydrogen-bond acceptors (Lipinski definition) is 4. The summed E-state index contributed by atoms with van der Waals surface area (Å²) in [5.41, 5.74) is 1.74. The average Bonchev–Trinajstić information content (AvgIpc) is 2.93. The molecule has 6 nitrogen and oxygen atoms in total. The smallest absolute Gasteiger partial charge is 0.331 e. The minimum absolute atomic E-state index is 0.00466. The maximum absolute atomic E-state index is 12.9. The van der Waals surface area contributed by atoms with Gasteiger partial charge >= 0.3 is 6.03 Å². The quantitative estimate of drug-likeness (QED) is 0.845. The van der Waals surface area contributed by atoms with Gasteiger partial charge in [0.1, 0.15) is 0 Å². The molecule has 130 valence electrons. The molecule has 0 aliphatic carbocycles. The van der Waals surface area contributed by atoms with Crippen LogP contribution in [0.1, 0.15) is 19.8 Å². The predicted octanol–water partition coefficient (Wildman–Crippen LogP) is 2.49. The second kappa shape index (κ2) is 6.81. The zero-order valence-electron chi connectivity index (χ0n) is 15.1. The molecule has 1 aromatic carbocycles. The lowest BCUT2D eigenvalue weighted by Gasteiger charge is -2.29. The number of para-hydroxylation sites is 2. The highest BCUT2D eigenvalue weighted by Gasteiger charge is 2.31. The van der Waals surface area contributed by atoms with E-state index >= 15 is 0 Å². The van der Waals surface area contributed by atoms with Gasteiger partial charge in [-0.05, 0) is 45.1 Å². The molecule has 2 heterocycles. The van der Waals surface area contributed by atoms with E-state index < -0.39 is 0 Å². The van der Waals surface area contributed by atoms with Crippen LogP contribution < -0.4 is 4.90 Å². The summed E-state index contributed by atoms with van der Waals surface area (Å²) in [5.74, 6) is 0.744. The van der Waals surface area contributed by atoms with E-state index in [1.807, 2.05) is 36.2 Å². The minimum atomic E-state index is -0.00466. The van der Waals surface area contributed by atoms with E-state index in [1.54, 1.807) is 4.57 Å². The van der Waals surface area contributed by atoms with Crippen LogP contribution in [0.3, 0.4) is 0 Å². The Morgan fingerprint density at radius 1 is 1.25 bits per heavy atom. The molecule has 2 aromatic rings. The third-order valence-corrected chi connectivity index (χ3v) is 4.86. The van der Waals surface area contributed by atoms with Crippen molar-refractivity contribution in [3.63, 3.8) is 0 Å². The molecule has 1 unspecified atom stereocenters. The lowest BCUT2D eigenvalue weighted by atomic mass is 10.1. The fourth-order valence-corrected chi connectivity index (χ4v) is 3.44. The van der Waals surface area contributed by atoms with Crippen molar-refractivity contribution in [2.45, 2.75) is 25.8 Å². The van der Waals surface area contributed by atoms with E-state index in [2.05, 4.69) is 30.8 Å². The second-order valence-electron chi connectivity index (χ2n) is 6.76. The van der Waals surface area contributed by atoms with Crippen molar-refractivity contribution in [1.82, 2.24) is 19.4 Å². The predicted molar refractivity (Wildman–Crippen MR) is 97.8 cm³/mol. The minimum Gasteiger partial charge on any atom is -0.340 e. The Hall–Kier alpha value is -2.08. The van der Waals surface area contributed by atoms with Gasteiger partial charge in [0.2, 0.25) is 5.95 Å². The van der Waals surface area contributed by atoms with Gasteiger partial charge in [0.25, 0.3) is 0 Å². The molecule has 24 heavy (non-hydrogen) atoms. The summed E-state index contributed by atoms with van der Waals surface area (Å²) in [4.78, 5) is 23.9. The molecule has 1 aliphatic rings. The van der Waals surface area contributed by atoms with E-state index in [9.17, 15) is 4.79 Å². The Bertz CT molecular complexity index is 725. The van der Waals surface area contributed by atoms with Gasteiger partial charge < -0.3 is 14.7 Å². The molecular weight excluding hydrogens is 302 g/mol. The summed E-state index contributed by atoms with van der Waals surface area (Å²) in [5, 5.41) is 0. The van der Waals surface area contributed by atoms with Gasteiger partial charge in [-0.3, -0.25) is 0 Å². The molecule has 6 heteroatoms. The van der Waals surface area contributed by atoms with Crippen LogP contribution in [0.15, 0.2) is 24.3 Å². The number of benzene rings is 1. The summed E-state index contributed by atoms with van der Waals surface area (Å²) in [6.45, 7) is 5.03. The van der Waals surface area contributed by atoms with Crippen LogP contribution in [-0.2, 0) is 0 Å². The topological polar surface area (TPSA) is 44.6 Å². The Morgan fingerprint density at radius 3 is 2.75 bits per heavy atom. The molecule has 0 N–H and O–H groups in total. The number of likely N-dealkylation sites (N-methyl/N-ethyl adjacent to an activating group) is 2. The summed E-state index contributed by atoms with van der Waals surface area (Å²) >= 11 is 0. The van der Waals surface area contributed by atoms with Crippen LogP contribution in [0.2, 0.25) is 0 Å². The molecule has 0 fully saturated rings. The maximum Gasteiger partial charge on any atom is 0.331 e. The zero-order valence-corrected chi connectivity index (χ0v) is 15.1. The first kappa shape index (κ1) is 16.8. The highest BCUT2D eigenvalue weighted by Crippen LogP contribution is 2.27. The molecule has 1 amide bonds. The maximum atomic E-state index is 12.9. The number of aromatic nitrogens is 2. The van der Waals surface area contributed by atoms with Crippen molar-refractivity contribution >= 4 is 23.0 Å². The number of hydrogen-bond donors (Lipinski definition) is 0. The lowest BCUT2D eigenvalue weighted by molar-refractivity contribution is 0.210. The Kier molecular flexibility index (Phi) is 4.76. The number of fused-ring (bicyclic) bond motifs is 3. The molecular formula is C18H27N5O. The number of imidazole rings is 1. The van der Waals surface area contributed by atoms with Crippen molar-refractivity contribution in [1.29, 1.82) is 0 Å². The first-order chi connectivity index (χ1) is 11.5. The van der Waals surface area contributed by atoms with E-state index in [-0.39, 0.29) is 12.1 Å². The van der Waals surface area contributed by atoms with Crippen LogP contribution in [0.5, 0.6) is 0 Å². The molecule has 1 aliphatic heterocycles. The standard InChI is InChI=1S/C18H27N5O/c1-5-11-20(2)12-10-14-13-21(3)18(24)23-16-9-7-6-8-15(16)19-17(23)22(14)4/h6-9,14H,5,10-13H2,1-4H3. The van der Waals surface area contributed by atoms with E-state index in [0.717, 1.165) is 42.9 Å². The lowest BCUT2D eigenvalue weighted by Crippen LogP contribution is -2.42. The molecule has 0 bridgehead atoms. The number of carbonyl (C=O) groups is 1. The second-order valence-corrected chi connectivity index (χ2v) is 6.76. The highest BCUT2D eigenvalue weighted by atomic mass is 16.2. The number of rotatable bonds is 5. The fourth-order valence-electron chi connectivity index (χ4n) is 3.44. The van der Waals surface area contributed by atoms with Crippen molar-refractivity contribution in [3.05, 3.63) is 24.3 Å². The van der Waals surface area contributed by atoms with E-state index in [4.69, 9.17) is 4.98 Å². The number of nitrogens with zero attached hydrogens (tertiary/aromatic N) is 5. The van der Waals surface area contributed by atoms with Gasteiger partial charge in [-0.2, -0.15) is 0 Å². The van der Waals surface area contributed by atoms with Gasteiger partial charge in [0.15, 0.2) is 0 Å². The molecule has 1 atom stereocenters. The highest BCUT2D eigenvalue weighted by molar-refractivity contribution is 5.93. The van der Waals surface area contributed by atoms with Crippen molar-refractivity contribution in [3.8, 4) is 0 Å². The molecule has 0 saturated heterocycles. The number of amides is 1. The van der Waals surface area contributed by atoms with Gasteiger partial charge in [-0.1, -0.05) is 19.1 Å². The van der Waals surface area contributed by atoms with E-state index in [1.165, 1.54) is 0 Å². The zero-order chi connectivity index (χ0) is 17.3. The summed E-state index contributed by atoms with van der Waals surface area (Å²) in [6, 6.07) is 8.09. The Morgan fingerprint density at radius 2 is 2.00 bits per heavy atom. The SMILES string of the molecule is CCCN(C)CCC1CN(C)C(=O)n2c(nc3ccccc32)N1C. The fraction of sp³-hybridized carbons (Fsp3) is 0.556. The summed E-state index contributed by atoms with van der Waals surface area (Å²) in [6.07, 6.45) is 2.17. The third-order valence-electron chi connectivity index (χ3n) is 4.86. The monoisotopic (exact) mass is 329 g/mol. The molecule has 3 rings (SSSR count). The van der Waals surface area contributed by atoms with Gasteiger partial charge in [0.05, 0.1) is 17.1 Å². The average molecular weight is 329 g/mol.